The Bertz CT molecular complexity index is 2260. The molecular formula is C39H29Cl2F6NO5S. The second-order valence-corrected chi connectivity index (χ2v) is 14.8. The molecule has 0 aliphatic carbocycles. The molecule has 15 heteroatoms. The number of carbonyl (C=O) groups is 2. The summed E-state index contributed by atoms with van der Waals surface area (Å²) in [6.07, 6.45) is -9.51. The van der Waals surface area contributed by atoms with Gasteiger partial charge in [-0.2, -0.15) is 34.8 Å². The van der Waals surface area contributed by atoms with E-state index in [1.807, 2.05) is 0 Å². The average Bonchev–Trinajstić information content (AvgIpc) is 3.10. The van der Waals surface area contributed by atoms with Crippen LogP contribution in [-0.2, 0) is 33.7 Å². The van der Waals surface area contributed by atoms with Crippen LogP contribution >= 0.6 is 23.2 Å². The first kappa shape index (κ1) is 40.5. The summed E-state index contributed by atoms with van der Waals surface area (Å²) in [5, 5.41) is 2.60. The molecule has 0 saturated carbocycles. The van der Waals surface area contributed by atoms with E-state index in [-0.39, 0.29) is 68.6 Å². The topological polar surface area (TPSA) is 101 Å². The smallest absolute Gasteiger partial charge is 0.326 e. The lowest BCUT2D eigenvalue weighted by Gasteiger charge is -2.19. The van der Waals surface area contributed by atoms with Gasteiger partial charge < -0.3 is 5.32 Å². The number of ketones is 1. The van der Waals surface area contributed by atoms with Crippen molar-refractivity contribution in [2.75, 3.05) is 11.1 Å². The maximum absolute atomic E-state index is 13.9. The highest BCUT2D eigenvalue weighted by Gasteiger charge is 2.35. The van der Waals surface area contributed by atoms with Crippen LogP contribution in [0.15, 0.2) is 109 Å². The third-order valence-corrected chi connectivity index (χ3v) is 9.77. The molecule has 0 aliphatic rings. The van der Waals surface area contributed by atoms with E-state index in [0.717, 1.165) is 12.1 Å². The number of benzene rings is 5. The van der Waals surface area contributed by atoms with E-state index < -0.39 is 51.2 Å². The van der Waals surface area contributed by atoms with Crippen LogP contribution < -0.4 is 5.32 Å². The lowest BCUT2D eigenvalue weighted by atomic mass is 9.89. The van der Waals surface area contributed by atoms with Crippen molar-refractivity contribution in [3.63, 3.8) is 0 Å². The Labute approximate surface area is 316 Å². The lowest BCUT2D eigenvalue weighted by Crippen LogP contribution is -2.23. The molecular weight excluding hydrogens is 779 g/mol. The van der Waals surface area contributed by atoms with E-state index in [2.05, 4.69) is 5.32 Å². The van der Waals surface area contributed by atoms with E-state index >= 15 is 0 Å². The third kappa shape index (κ3) is 10.5. The molecule has 5 aromatic carbocycles. The van der Waals surface area contributed by atoms with Gasteiger partial charge in [0.1, 0.15) is 0 Å². The van der Waals surface area contributed by atoms with Crippen LogP contribution in [0.3, 0.4) is 0 Å². The largest absolute Gasteiger partial charge is 0.417 e. The summed E-state index contributed by atoms with van der Waals surface area (Å²) in [6.45, 7) is 0. The third-order valence-electron chi connectivity index (χ3n) is 8.50. The zero-order valence-electron chi connectivity index (χ0n) is 27.8. The fourth-order valence-corrected chi connectivity index (χ4v) is 6.70. The van der Waals surface area contributed by atoms with E-state index in [9.17, 15) is 44.3 Å². The van der Waals surface area contributed by atoms with Gasteiger partial charge in [0.05, 0.1) is 22.8 Å². The number of rotatable bonds is 12. The van der Waals surface area contributed by atoms with Crippen molar-refractivity contribution in [3.05, 3.63) is 147 Å². The van der Waals surface area contributed by atoms with E-state index in [1.54, 1.807) is 12.1 Å². The molecule has 0 aliphatic heterocycles. The number of Topliss-reactive ketones (excluding diaryl/α,β-unsaturated/α-hetero) is 1. The van der Waals surface area contributed by atoms with Crippen LogP contribution in [0.5, 0.6) is 0 Å². The standard InChI is InChI=1S/C39H29Cl2F6NO5S/c40-28-13-17-31(34(21-28)38(42,43)44)24-7-9-26(10-8-24)33(20-23-3-5-27(6-4-23)36(49)2-1-19-54(51,52)53)37(50)48-30-15-11-25(12-16-30)32-18-14-29(41)22-35(32)39(45,46)47/h3-18,21-22,33H,1-2,19-20H2,(H,48,50)(H,51,52,53). The Hall–Kier alpha value is -4.69. The van der Waals surface area contributed by atoms with Crippen LogP contribution in [0.25, 0.3) is 22.3 Å². The number of alkyl halides is 6. The number of nitrogens with one attached hydrogen (secondary N) is 1. The molecule has 282 valence electrons. The zero-order valence-corrected chi connectivity index (χ0v) is 30.1. The summed E-state index contributed by atoms with van der Waals surface area (Å²) in [6, 6.07) is 24.7. The van der Waals surface area contributed by atoms with Crippen molar-refractivity contribution in [1.82, 2.24) is 0 Å². The minimum absolute atomic E-state index is 0.0644. The predicted molar refractivity (Wildman–Crippen MR) is 195 cm³/mol. The second kappa shape index (κ2) is 16.4. The molecule has 0 heterocycles. The van der Waals surface area contributed by atoms with Crippen LogP contribution in [0.2, 0.25) is 10.0 Å². The summed E-state index contributed by atoms with van der Waals surface area (Å²) in [4.78, 5) is 26.5. The minimum Gasteiger partial charge on any atom is -0.326 e. The molecule has 0 saturated heterocycles. The van der Waals surface area contributed by atoms with Crippen molar-refractivity contribution in [2.24, 2.45) is 0 Å². The molecule has 54 heavy (non-hydrogen) atoms. The number of halogens is 8. The molecule has 0 spiro atoms. The van der Waals surface area contributed by atoms with Crippen molar-refractivity contribution in [2.45, 2.75) is 37.5 Å². The van der Waals surface area contributed by atoms with Gasteiger partial charge in [-0.3, -0.25) is 14.1 Å². The highest BCUT2D eigenvalue weighted by atomic mass is 35.5. The van der Waals surface area contributed by atoms with E-state index in [4.69, 9.17) is 27.8 Å². The van der Waals surface area contributed by atoms with Crippen molar-refractivity contribution in [3.8, 4) is 22.3 Å². The second-order valence-electron chi connectivity index (χ2n) is 12.3. The van der Waals surface area contributed by atoms with Gasteiger partial charge in [0.25, 0.3) is 10.1 Å². The Balaban J connectivity index is 1.42. The van der Waals surface area contributed by atoms with Crippen molar-refractivity contribution >= 4 is 50.7 Å². The fourth-order valence-electron chi connectivity index (χ4n) is 5.85. The van der Waals surface area contributed by atoms with Gasteiger partial charge in [-0.15, -0.1) is 0 Å². The SMILES string of the molecule is O=C(CCCS(=O)(=O)O)c1ccc(CC(C(=O)Nc2ccc(-c3ccc(Cl)cc3C(F)(F)F)cc2)c2ccc(-c3ccc(Cl)cc3C(F)(F)F)cc2)cc1. The number of hydrogen-bond donors (Lipinski definition) is 2. The van der Waals surface area contributed by atoms with E-state index in [1.165, 1.54) is 84.9 Å². The molecule has 0 fully saturated rings. The van der Waals surface area contributed by atoms with Crippen LogP contribution in [0, 0.1) is 0 Å². The van der Waals surface area contributed by atoms with Gasteiger partial charge in [0.15, 0.2) is 5.78 Å². The van der Waals surface area contributed by atoms with Gasteiger partial charge in [-0.1, -0.05) is 96.0 Å². The van der Waals surface area contributed by atoms with Gasteiger partial charge >= 0.3 is 12.4 Å². The molecule has 5 aromatic rings. The molecule has 5 rings (SSSR count). The van der Waals surface area contributed by atoms with Crippen LogP contribution in [0.1, 0.15) is 51.4 Å². The maximum atomic E-state index is 13.9. The molecule has 1 amide bonds. The number of amides is 1. The Morgan fingerprint density at radius 3 is 1.63 bits per heavy atom. The summed E-state index contributed by atoms with van der Waals surface area (Å²) < 4.78 is 114. The van der Waals surface area contributed by atoms with E-state index in [0.29, 0.717) is 11.1 Å². The quantitative estimate of drug-likeness (QED) is 0.0743. The summed E-state index contributed by atoms with van der Waals surface area (Å²) >= 11 is 11.7. The monoisotopic (exact) mass is 807 g/mol. The molecule has 1 unspecified atom stereocenters. The normalized spacial score (nSPS) is 12.7. The molecule has 1 atom stereocenters. The first-order chi connectivity index (χ1) is 25.3. The summed E-state index contributed by atoms with van der Waals surface area (Å²) in [5.41, 5.74) is -0.0985. The highest BCUT2D eigenvalue weighted by Crippen LogP contribution is 2.40. The Morgan fingerprint density at radius 1 is 0.685 bits per heavy atom. The Morgan fingerprint density at radius 2 is 1.17 bits per heavy atom. The van der Waals surface area contributed by atoms with Gasteiger partial charge in [-0.25, -0.2) is 0 Å². The van der Waals surface area contributed by atoms with Crippen LogP contribution in [-0.4, -0.2) is 30.4 Å². The summed E-state index contributed by atoms with van der Waals surface area (Å²) in [7, 11) is -4.22. The summed E-state index contributed by atoms with van der Waals surface area (Å²) in [5.74, 6) is -2.40. The average molecular weight is 809 g/mol. The number of anilines is 1. The predicted octanol–water partition coefficient (Wildman–Crippen LogP) is 11.2. The zero-order chi connectivity index (χ0) is 39.4. The number of hydrogen-bond acceptors (Lipinski definition) is 4. The van der Waals surface area contributed by atoms with Gasteiger partial charge in [0.2, 0.25) is 5.91 Å². The lowest BCUT2D eigenvalue weighted by molar-refractivity contribution is -0.137. The van der Waals surface area contributed by atoms with Crippen molar-refractivity contribution < 1.29 is 48.9 Å². The molecule has 0 aromatic heterocycles. The molecule has 2 N–H and O–H groups in total. The van der Waals surface area contributed by atoms with Crippen LogP contribution in [0.4, 0.5) is 32.0 Å². The minimum atomic E-state index is -4.69. The van der Waals surface area contributed by atoms with Gasteiger partial charge in [-0.05, 0) is 82.6 Å². The maximum Gasteiger partial charge on any atom is 0.417 e. The first-order valence-corrected chi connectivity index (χ1v) is 18.5. The Kier molecular flexibility index (Phi) is 12.3. The molecule has 0 radical (unpaired) electrons. The van der Waals surface area contributed by atoms with Gasteiger partial charge in [0, 0.05) is 27.7 Å². The highest BCUT2D eigenvalue weighted by molar-refractivity contribution is 7.85. The molecule has 0 bridgehead atoms. The molecule has 6 nitrogen and oxygen atoms in total. The number of carbonyl (C=O) groups excluding carboxylic acids is 2. The van der Waals surface area contributed by atoms with Crippen molar-refractivity contribution in [1.29, 1.82) is 0 Å². The first-order valence-electron chi connectivity index (χ1n) is 16.1. The fraction of sp³-hybridized carbons (Fsp3) is 0.179.